The van der Waals surface area contributed by atoms with Crippen LogP contribution in [0, 0.1) is 5.92 Å². The van der Waals surface area contributed by atoms with Gasteiger partial charge in [-0.05, 0) is 41.1 Å². The summed E-state index contributed by atoms with van der Waals surface area (Å²) in [6.07, 6.45) is 5.00. The fraction of sp³-hybridized carbons (Fsp3) is 0.647. The van der Waals surface area contributed by atoms with Crippen molar-refractivity contribution in [2.24, 2.45) is 10.9 Å². The van der Waals surface area contributed by atoms with Crippen LogP contribution in [0.1, 0.15) is 38.2 Å². The minimum absolute atomic E-state index is 0.0479. The number of rotatable bonds is 5. The van der Waals surface area contributed by atoms with Crippen LogP contribution in [0.4, 0.5) is 0 Å². The average molecular weight is 337 g/mol. The van der Waals surface area contributed by atoms with Crippen molar-refractivity contribution in [2.45, 2.75) is 45.2 Å². The maximum absolute atomic E-state index is 11.8. The number of thiophene rings is 1. The Kier molecular flexibility index (Phi) is 6.89. The summed E-state index contributed by atoms with van der Waals surface area (Å²) < 4.78 is 0. The van der Waals surface area contributed by atoms with E-state index in [0.29, 0.717) is 18.5 Å². The smallest absolute Gasteiger partial charge is 0.241 e. The largest absolute Gasteiger partial charge is 0.353 e. The summed E-state index contributed by atoms with van der Waals surface area (Å²) in [4.78, 5) is 18.1. The van der Waals surface area contributed by atoms with E-state index in [1.165, 1.54) is 31.2 Å². The highest BCUT2D eigenvalue weighted by Crippen LogP contribution is 2.23. The summed E-state index contributed by atoms with van der Waals surface area (Å²) in [5.74, 6) is 1.43. The molecule has 0 aliphatic heterocycles. The summed E-state index contributed by atoms with van der Waals surface area (Å²) in [5.41, 5.74) is 1.20. The molecule has 5 nitrogen and oxygen atoms in total. The van der Waals surface area contributed by atoms with Crippen LogP contribution >= 0.6 is 11.3 Å². The molecule has 1 heterocycles. The maximum atomic E-state index is 11.8. The Labute approximate surface area is 143 Å². The number of nitrogens with zero attached hydrogens (tertiary/aromatic N) is 2. The van der Waals surface area contributed by atoms with Crippen molar-refractivity contribution in [3.8, 4) is 0 Å². The number of hydrogen-bond donors (Lipinski definition) is 2. The van der Waals surface area contributed by atoms with Crippen LogP contribution in [-0.2, 0) is 11.3 Å². The zero-order valence-corrected chi connectivity index (χ0v) is 15.2. The molecule has 1 aromatic rings. The van der Waals surface area contributed by atoms with E-state index in [0.717, 1.165) is 5.96 Å². The number of amides is 1. The summed E-state index contributed by atoms with van der Waals surface area (Å²) in [6, 6.07) is 2.52. The molecule has 23 heavy (non-hydrogen) atoms. The Morgan fingerprint density at radius 2 is 2.17 bits per heavy atom. The lowest BCUT2D eigenvalue weighted by Gasteiger charge is -2.31. The molecule has 2 rings (SSSR count). The van der Waals surface area contributed by atoms with Crippen LogP contribution in [0.2, 0.25) is 0 Å². The normalized spacial score (nSPS) is 21.8. The number of nitrogens with one attached hydrogen (secondary N) is 2. The molecule has 0 saturated heterocycles. The average Bonchev–Trinajstić information content (AvgIpc) is 3.04. The molecule has 6 heteroatoms. The number of carbonyl (C=O) groups is 1. The lowest BCUT2D eigenvalue weighted by Crippen LogP contribution is -2.49. The summed E-state index contributed by atoms with van der Waals surface area (Å²) in [5, 5.41) is 10.9. The molecule has 1 fully saturated rings. The zero-order valence-electron chi connectivity index (χ0n) is 14.3. The molecule has 2 atom stereocenters. The monoisotopic (exact) mass is 336 g/mol. The van der Waals surface area contributed by atoms with Gasteiger partial charge in [0.05, 0.1) is 13.1 Å². The molecule has 0 spiro atoms. The van der Waals surface area contributed by atoms with E-state index in [4.69, 9.17) is 0 Å². The molecule has 1 aliphatic carbocycles. The molecule has 128 valence electrons. The van der Waals surface area contributed by atoms with Gasteiger partial charge in [-0.15, -0.1) is 0 Å². The third kappa shape index (κ3) is 5.86. The van der Waals surface area contributed by atoms with Crippen molar-refractivity contribution in [3.05, 3.63) is 22.4 Å². The molecule has 1 aromatic heterocycles. The molecule has 1 amide bonds. The van der Waals surface area contributed by atoms with Gasteiger partial charge in [-0.1, -0.05) is 19.8 Å². The number of hydrogen-bond acceptors (Lipinski definition) is 3. The second kappa shape index (κ2) is 8.91. The number of carbonyl (C=O) groups excluding carboxylic acids is 1. The first-order chi connectivity index (χ1) is 11.1. The molecule has 0 radical (unpaired) electrons. The Morgan fingerprint density at radius 3 is 2.83 bits per heavy atom. The van der Waals surface area contributed by atoms with Crippen LogP contribution in [0.5, 0.6) is 0 Å². The van der Waals surface area contributed by atoms with E-state index >= 15 is 0 Å². The molecule has 1 saturated carbocycles. The quantitative estimate of drug-likeness (QED) is 0.641. The van der Waals surface area contributed by atoms with Gasteiger partial charge in [-0.3, -0.25) is 4.79 Å². The number of guanidine groups is 1. The van der Waals surface area contributed by atoms with E-state index < -0.39 is 0 Å². The molecule has 2 N–H and O–H groups in total. The van der Waals surface area contributed by atoms with E-state index in [9.17, 15) is 4.79 Å². The van der Waals surface area contributed by atoms with Crippen molar-refractivity contribution in [2.75, 3.05) is 20.6 Å². The topological polar surface area (TPSA) is 56.7 Å². The van der Waals surface area contributed by atoms with Gasteiger partial charge in [0.15, 0.2) is 5.96 Å². The fourth-order valence-electron chi connectivity index (χ4n) is 2.73. The van der Waals surface area contributed by atoms with Crippen LogP contribution in [0.25, 0.3) is 0 Å². The Hall–Kier alpha value is -1.56. The van der Waals surface area contributed by atoms with Crippen LogP contribution in [0.3, 0.4) is 0 Å². The first-order valence-corrected chi connectivity index (χ1v) is 9.26. The van der Waals surface area contributed by atoms with E-state index in [2.05, 4.69) is 39.4 Å². The zero-order chi connectivity index (χ0) is 16.7. The first kappa shape index (κ1) is 17.8. The third-order valence-corrected chi connectivity index (χ3v) is 5.07. The van der Waals surface area contributed by atoms with Gasteiger partial charge in [-0.2, -0.15) is 11.3 Å². The number of likely N-dealkylation sites (N-methyl/N-ethyl adjacent to an activating group) is 1. The number of aliphatic imine (C=N–C) groups is 1. The summed E-state index contributed by atoms with van der Waals surface area (Å²) in [6.45, 7) is 3.19. The van der Waals surface area contributed by atoms with Crippen molar-refractivity contribution in [1.82, 2.24) is 15.5 Å². The van der Waals surface area contributed by atoms with Gasteiger partial charge >= 0.3 is 0 Å². The predicted octanol–water partition coefficient (Wildman–Crippen LogP) is 2.45. The van der Waals surface area contributed by atoms with Gasteiger partial charge in [0.2, 0.25) is 5.91 Å². The van der Waals surface area contributed by atoms with Crippen molar-refractivity contribution in [1.29, 1.82) is 0 Å². The third-order valence-electron chi connectivity index (χ3n) is 4.34. The fourth-order valence-corrected chi connectivity index (χ4v) is 3.39. The van der Waals surface area contributed by atoms with Gasteiger partial charge in [0.1, 0.15) is 0 Å². The molecule has 1 aliphatic rings. The van der Waals surface area contributed by atoms with E-state index in [1.54, 1.807) is 30.3 Å². The predicted molar refractivity (Wildman–Crippen MR) is 96.7 cm³/mol. The van der Waals surface area contributed by atoms with E-state index in [1.807, 2.05) is 0 Å². The lowest BCUT2D eigenvalue weighted by atomic mass is 9.86. The summed E-state index contributed by atoms with van der Waals surface area (Å²) in [7, 11) is 3.53. The summed E-state index contributed by atoms with van der Waals surface area (Å²) >= 11 is 1.68. The first-order valence-electron chi connectivity index (χ1n) is 8.32. The molecule has 2 unspecified atom stereocenters. The second-order valence-electron chi connectivity index (χ2n) is 6.45. The molecular formula is C17H28N4OS. The minimum Gasteiger partial charge on any atom is -0.353 e. The van der Waals surface area contributed by atoms with Crippen LogP contribution in [0.15, 0.2) is 21.8 Å². The Morgan fingerprint density at radius 1 is 1.39 bits per heavy atom. The van der Waals surface area contributed by atoms with E-state index in [-0.39, 0.29) is 12.5 Å². The highest BCUT2D eigenvalue weighted by Gasteiger charge is 2.22. The Bertz CT molecular complexity index is 513. The molecule has 0 aromatic carbocycles. The van der Waals surface area contributed by atoms with Gasteiger partial charge < -0.3 is 15.5 Å². The highest BCUT2D eigenvalue weighted by molar-refractivity contribution is 7.07. The minimum atomic E-state index is 0.0479. The van der Waals surface area contributed by atoms with Crippen LogP contribution in [-0.4, -0.2) is 43.4 Å². The Balaban J connectivity index is 1.97. The van der Waals surface area contributed by atoms with Crippen molar-refractivity contribution >= 4 is 23.2 Å². The van der Waals surface area contributed by atoms with Crippen molar-refractivity contribution < 1.29 is 4.79 Å². The lowest BCUT2D eigenvalue weighted by molar-refractivity contribution is -0.127. The second-order valence-corrected chi connectivity index (χ2v) is 7.23. The standard InChI is InChI=1S/C17H28N4OS/c1-13-6-4-5-7-15(13)20-17(19-11-16(22)21(2)3)18-10-14-8-9-23-12-14/h8-9,12-13,15H,4-7,10-11H2,1-3H3,(H2,18,19,20). The van der Waals surface area contributed by atoms with Gasteiger partial charge in [0.25, 0.3) is 0 Å². The van der Waals surface area contributed by atoms with Gasteiger partial charge in [0, 0.05) is 20.1 Å². The van der Waals surface area contributed by atoms with Crippen molar-refractivity contribution in [3.63, 3.8) is 0 Å². The SMILES string of the molecule is CC1CCCCC1NC(=NCc1ccsc1)NCC(=O)N(C)C. The molecular weight excluding hydrogens is 308 g/mol. The highest BCUT2D eigenvalue weighted by atomic mass is 32.1. The maximum Gasteiger partial charge on any atom is 0.241 e. The van der Waals surface area contributed by atoms with Gasteiger partial charge in [-0.25, -0.2) is 4.99 Å². The van der Waals surface area contributed by atoms with Crippen LogP contribution < -0.4 is 10.6 Å². The molecule has 0 bridgehead atoms.